The summed E-state index contributed by atoms with van der Waals surface area (Å²) in [6, 6.07) is 4.26. The van der Waals surface area contributed by atoms with E-state index in [1.165, 1.54) is 12.1 Å². The van der Waals surface area contributed by atoms with Gasteiger partial charge in [-0.25, -0.2) is 13.9 Å². The summed E-state index contributed by atoms with van der Waals surface area (Å²) in [4.78, 5) is -0.840. The van der Waals surface area contributed by atoms with Crippen molar-refractivity contribution in [3.63, 3.8) is 0 Å². The van der Waals surface area contributed by atoms with Crippen LogP contribution in [0, 0.1) is 0 Å². The Morgan fingerprint density at radius 1 is 1.31 bits per heavy atom. The van der Waals surface area contributed by atoms with Gasteiger partial charge in [0.2, 0.25) is 0 Å². The monoisotopic (exact) mass is 255 g/mol. The summed E-state index contributed by atoms with van der Waals surface area (Å²) >= 11 is 0. The lowest BCUT2D eigenvalue weighted by molar-refractivity contribution is -0.0436. The van der Waals surface area contributed by atoms with E-state index in [-0.39, 0.29) is 12.1 Å². The SMILES string of the molecule is O=S(=O)(c1cccc(CNO)c1)C(F)(F)F. The first-order valence-electron chi connectivity index (χ1n) is 4.06. The molecule has 0 saturated heterocycles. The first kappa shape index (κ1) is 12.9. The van der Waals surface area contributed by atoms with Gasteiger partial charge in [0.1, 0.15) is 0 Å². The number of hydroxylamine groups is 1. The van der Waals surface area contributed by atoms with Gasteiger partial charge in [0.05, 0.1) is 4.90 Å². The summed E-state index contributed by atoms with van der Waals surface area (Å²) < 4.78 is 58.6. The molecule has 16 heavy (non-hydrogen) atoms. The van der Waals surface area contributed by atoms with Gasteiger partial charge in [-0.3, -0.25) is 0 Å². The van der Waals surface area contributed by atoms with E-state index in [1.54, 1.807) is 5.48 Å². The number of halogens is 3. The van der Waals surface area contributed by atoms with Crippen LogP contribution in [-0.2, 0) is 16.4 Å². The molecule has 0 fully saturated rings. The molecular formula is C8H8F3NO3S. The first-order chi connectivity index (χ1) is 7.29. The molecule has 0 radical (unpaired) electrons. The molecule has 0 aromatic heterocycles. The largest absolute Gasteiger partial charge is 0.501 e. The molecule has 8 heteroatoms. The molecule has 0 heterocycles. The van der Waals surface area contributed by atoms with Gasteiger partial charge < -0.3 is 5.21 Å². The lowest BCUT2D eigenvalue weighted by Gasteiger charge is -2.09. The highest BCUT2D eigenvalue weighted by molar-refractivity contribution is 7.92. The molecule has 0 saturated carbocycles. The van der Waals surface area contributed by atoms with E-state index in [0.717, 1.165) is 12.1 Å². The van der Waals surface area contributed by atoms with Crippen LogP contribution < -0.4 is 5.48 Å². The second-order valence-electron chi connectivity index (χ2n) is 2.93. The zero-order valence-electron chi connectivity index (χ0n) is 7.82. The molecule has 1 aromatic carbocycles. The molecule has 0 aliphatic heterocycles. The van der Waals surface area contributed by atoms with Crippen LogP contribution >= 0.6 is 0 Å². The summed E-state index contributed by atoms with van der Waals surface area (Å²) in [5.74, 6) is 0. The van der Waals surface area contributed by atoms with Crippen molar-refractivity contribution in [2.45, 2.75) is 16.9 Å². The molecule has 4 nitrogen and oxygen atoms in total. The van der Waals surface area contributed by atoms with Crippen molar-refractivity contribution in [1.29, 1.82) is 0 Å². The quantitative estimate of drug-likeness (QED) is 0.802. The van der Waals surface area contributed by atoms with E-state index in [1.807, 2.05) is 0 Å². The zero-order chi connectivity index (χ0) is 12.4. The second kappa shape index (κ2) is 4.40. The van der Waals surface area contributed by atoms with Gasteiger partial charge in [-0.15, -0.1) is 0 Å². The fourth-order valence-electron chi connectivity index (χ4n) is 1.05. The summed E-state index contributed by atoms with van der Waals surface area (Å²) in [7, 11) is -5.33. The minimum absolute atomic E-state index is 0.138. The van der Waals surface area contributed by atoms with Gasteiger partial charge in [-0.1, -0.05) is 12.1 Å². The summed E-state index contributed by atoms with van der Waals surface area (Å²) in [6.07, 6.45) is 0. The Morgan fingerprint density at radius 2 is 1.94 bits per heavy atom. The number of hydrogen-bond donors (Lipinski definition) is 2. The fourth-order valence-corrected chi connectivity index (χ4v) is 1.88. The Bertz CT molecular complexity index is 470. The lowest BCUT2D eigenvalue weighted by Crippen LogP contribution is -2.23. The van der Waals surface area contributed by atoms with Crippen LogP contribution in [0.15, 0.2) is 29.2 Å². The Balaban J connectivity index is 3.20. The molecule has 0 spiro atoms. The molecule has 1 rings (SSSR count). The van der Waals surface area contributed by atoms with Crippen molar-refractivity contribution >= 4 is 9.84 Å². The predicted molar refractivity (Wildman–Crippen MR) is 48.3 cm³/mol. The van der Waals surface area contributed by atoms with Crippen LogP contribution in [0.4, 0.5) is 13.2 Å². The Hall–Kier alpha value is -1.12. The van der Waals surface area contributed by atoms with Gasteiger partial charge in [0, 0.05) is 6.54 Å². The third-order valence-electron chi connectivity index (χ3n) is 1.80. The molecular weight excluding hydrogens is 247 g/mol. The van der Waals surface area contributed by atoms with Crippen LogP contribution in [0.3, 0.4) is 0 Å². The first-order valence-corrected chi connectivity index (χ1v) is 5.54. The van der Waals surface area contributed by atoms with E-state index < -0.39 is 20.2 Å². The van der Waals surface area contributed by atoms with E-state index in [4.69, 9.17) is 5.21 Å². The van der Waals surface area contributed by atoms with Gasteiger partial charge >= 0.3 is 5.51 Å². The van der Waals surface area contributed by atoms with E-state index >= 15 is 0 Å². The fraction of sp³-hybridized carbons (Fsp3) is 0.250. The lowest BCUT2D eigenvalue weighted by atomic mass is 10.2. The molecule has 2 N–H and O–H groups in total. The molecule has 0 amide bonds. The summed E-state index contributed by atoms with van der Waals surface area (Å²) in [5, 5.41) is 8.35. The van der Waals surface area contributed by atoms with E-state index in [9.17, 15) is 21.6 Å². The molecule has 1 aromatic rings. The summed E-state index contributed by atoms with van der Waals surface area (Å²) in [6.45, 7) is -0.138. The topological polar surface area (TPSA) is 66.4 Å². The average Bonchev–Trinajstić information content (AvgIpc) is 2.17. The van der Waals surface area contributed by atoms with Crippen LogP contribution in [0.25, 0.3) is 0 Å². The average molecular weight is 255 g/mol. The third-order valence-corrected chi connectivity index (χ3v) is 3.28. The highest BCUT2D eigenvalue weighted by Gasteiger charge is 2.46. The van der Waals surface area contributed by atoms with Crippen molar-refractivity contribution in [1.82, 2.24) is 5.48 Å². The molecule has 0 atom stereocenters. The normalized spacial score (nSPS) is 12.8. The highest BCUT2D eigenvalue weighted by Crippen LogP contribution is 2.30. The Kier molecular flexibility index (Phi) is 3.56. The van der Waals surface area contributed by atoms with Crippen molar-refractivity contribution in [2.24, 2.45) is 0 Å². The van der Waals surface area contributed by atoms with Gasteiger partial charge in [0.25, 0.3) is 9.84 Å². The van der Waals surface area contributed by atoms with E-state index in [2.05, 4.69) is 0 Å². The molecule has 0 unspecified atom stereocenters. The Morgan fingerprint density at radius 3 is 2.44 bits per heavy atom. The van der Waals surface area contributed by atoms with Crippen LogP contribution in [0.1, 0.15) is 5.56 Å². The number of hydrogen-bond acceptors (Lipinski definition) is 4. The van der Waals surface area contributed by atoms with Gasteiger partial charge in [0.15, 0.2) is 0 Å². The molecule has 0 aliphatic carbocycles. The third kappa shape index (κ3) is 2.52. The molecule has 90 valence electrons. The van der Waals surface area contributed by atoms with Gasteiger partial charge in [-0.05, 0) is 17.7 Å². The maximum absolute atomic E-state index is 12.2. The zero-order valence-corrected chi connectivity index (χ0v) is 8.64. The van der Waals surface area contributed by atoms with Crippen molar-refractivity contribution < 1.29 is 26.8 Å². The predicted octanol–water partition coefficient (Wildman–Crippen LogP) is 1.46. The molecule has 0 bridgehead atoms. The van der Waals surface area contributed by atoms with Crippen LogP contribution in [0.2, 0.25) is 0 Å². The maximum atomic E-state index is 12.2. The van der Waals surface area contributed by atoms with Crippen molar-refractivity contribution in [2.75, 3.05) is 0 Å². The van der Waals surface area contributed by atoms with Crippen LogP contribution in [0.5, 0.6) is 0 Å². The number of benzene rings is 1. The summed E-state index contributed by atoms with van der Waals surface area (Å²) in [5.41, 5.74) is -3.37. The Labute approximate surface area is 89.6 Å². The number of alkyl halides is 3. The van der Waals surface area contributed by atoms with Gasteiger partial charge in [-0.2, -0.15) is 13.2 Å². The standard InChI is InChI=1S/C8H8F3NO3S/c9-8(10,11)16(14,15)7-3-1-2-6(4-7)5-12-13/h1-4,12-13H,5H2. The minimum atomic E-state index is -5.33. The minimum Gasteiger partial charge on any atom is -0.316 e. The highest BCUT2D eigenvalue weighted by atomic mass is 32.2. The smallest absolute Gasteiger partial charge is 0.316 e. The number of nitrogens with one attached hydrogen (secondary N) is 1. The number of rotatable bonds is 3. The molecule has 0 aliphatic rings. The van der Waals surface area contributed by atoms with Crippen molar-refractivity contribution in [3.05, 3.63) is 29.8 Å². The maximum Gasteiger partial charge on any atom is 0.501 e. The van der Waals surface area contributed by atoms with Crippen molar-refractivity contribution in [3.8, 4) is 0 Å². The number of sulfone groups is 1. The second-order valence-corrected chi connectivity index (χ2v) is 4.87. The van der Waals surface area contributed by atoms with Crippen LogP contribution in [-0.4, -0.2) is 19.1 Å². The van der Waals surface area contributed by atoms with E-state index in [0.29, 0.717) is 0 Å².